The van der Waals surface area contributed by atoms with Crippen molar-refractivity contribution in [1.82, 2.24) is 0 Å². The Labute approximate surface area is 87.4 Å². The maximum atomic E-state index is 7.33. The molecule has 38 valence electrons. The molecule has 0 spiro atoms. The largest absolute Gasteiger partial charge is 2.00 e. The van der Waals surface area contributed by atoms with Gasteiger partial charge < -0.3 is 22.0 Å². The van der Waals surface area contributed by atoms with Gasteiger partial charge in [0.2, 0.25) is 0 Å². The standard InChI is InChI=1S/Ca.H4O4Si.Zn.2H/c;1-5(2,3)4;;;/h;1-4H;;;/q+2;;;2*-1. The van der Waals surface area contributed by atoms with Crippen LogP contribution in [0.2, 0.25) is 0 Å². The van der Waals surface area contributed by atoms with Crippen molar-refractivity contribution in [3.05, 3.63) is 0 Å². The molecule has 4 nitrogen and oxygen atoms in total. The molecule has 0 radical (unpaired) electrons. The van der Waals surface area contributed by atoms with E-state index in [9.17, 15) is 0 Å². The molecule has 0 bridgehead atoms. The Morgan fingerprint density at radius 3 is 1.00 bits per heavy atom. The molecule has 0 atom stereocenters. The maximum absolute atomic E-state index is 7.33. The molecule has 0 aliphatic heterocycles. The number of rotatable bonds is 0. The van der Waals surface area contributed by atoms with Crippen molar-refractivity contribution in [3.8, 4) is 0 Å². The van der Waals surface area contributed by atoms with Crippen LogP contribution in [0.3, 0.4) is 0 Å². The van der Waals surface area contributed by atoms with Crippen LogP contribution in [0.15, 0.2) is 0 Å². The van der Waals surface area contributed by atoms with Gasteiger partial charge in [0.15, 0.2) is 0 Å². The van der Waals surface area contributed by atoms with Gasteiger partial charge >= 0.3 is 46.8 Å². The summed E-state index contributed by atoms with van der Waals surface area (Å²) in [6.07, 6.45) is 0. The summed E-state index contributed by atoms with van der Waals surface area (Å²) in [5.74, 6) is 0. The van der Waals surface area contributed by atoms with E-state index < -0.39 is 9.05 Å². The summed E-state index contributed by atoms with van der Waals surface area (Å²) in [5, 5.41) is 0. The first-order chi connectivity index (χ1) is 2.00. The fraction of sp³-hybridized carbons (Fsp3) is 0. The average molecular weight is 204 g/mol. The summed E-state index contributed by atoms with van der Waals surface area (Å²) in [5.41, 5.74) is 0. The summed E-state index contributed by atoms with van der Waals surface area (Å²) in [6, 6.07) is 0. The van der Waals surface area contributed by atoms with E-state index in [0.29, 0.717) is 0 Å². The molecule has 0 saturated heterocycles. The van der Waals surface area contributed by atoms with E-state index >= 15 is 0 Å². The quantitative estimate of drug-likeness (QED) is 0.322. The molecule has 0 aliphatic rings. The molecule has 4 N–H and O–H groups in total. The molecule has 0 heterocycles. The summed E-state index contributed by atoms with van der Waals surface area (Å²) >= 11 is 0. The van der Waals surface area contributed by atoms with Gasteiger partial charge in [0, 0.05) is 19.5 Å². The van der Waals surface area contributed by atoms with Gasteiger partial charge in [-0.3, -0.25) is 0 Å². The molecule has 0 amide bonds. The average Bonchev–Trinajstić information content (AvgIpc) is 0.722. The van der Waals surface area contributed by atoms with E-state index in [1.807, 2.05) is 0 Å². The Morgan fingerprint density at radius 2 is 1.00 bits per heavy atom. The van der Waals surface area contributed by atoms with Gasteiger partial charge in [0.1, 0.15) is 0 Å². The molecule has 0 aromatic carbocycles. The van der Waals surface area contributed by atoms with Gasteiger partial charge in [-0.15, -0.1) is 0 Å². The minimum Gasteiger partial charge on any atom is -1.00 e. The van der Waals surface area contributed by atoms with E-state index in [1.165, 1.54) is 0 Å². The van der Waals surface area contributed by atoms with Crippen molar-refractivity contribution in [2.75, 3.05) is 0 Å². The molecule has 0 aromatic heterocycles. The normalized spacial score (nSPS) is 8.57. The van der Waals surface area contributed by atoms with Crippen LogP contribution < -0.4 is 0 Å². The minimum atomic E-state index is -4.61. The predicted octanol–water partition coefficient (Wildman–Crippen LogP) is -2.77. The van der Waals surface area contributed by atoms with Gasteiger partial charge in [-0.1, -0.05) is 0 Å². The van der Waals surface area contributed by atoms with Crippen LogP contribution >= 0.6 is 0 Å². The summed E-state index contributed by atoms with van der Waals surface area (Å²) in [7, 11) is -4.61. The van der Waals surface area contributed by atoms with Crippen LogP contribution in [-0.2, 0) is 19.5 Å². The van der Waals surface area contributed by atoms with Crippen molar-refractivity contribution in [2.24, 2.45) is 0 Å². The summed E-state index contributed by atoms with van der Waals surface area (Å²) < 4.78 is 0. The first-order valence-corrected chi connectivity index (χ1v) is 2.68. The van der Waals surface area contributed by atoms with Crippen molar-refractivity contribution in [2.45, 2.75) is 0 Å². The Bertz CT molecular complexity index is 34.0. The van der Waals surface area contributed by atoms with Crippen LogP contribution in [0.4, 0.5) is 0 Å². The molecule has 0 rings (SSSR count). The number of hydrogen-bond acceptors (Lipinski definition) is 4. The predicted molar refractivity (Wildman–Crippen MR) is 22.6 cm³/mol. The van der Waals surface area contributed by atoms with Crippen molar-refractivity contribution < 1.29 is 41.5 Å². The van der Waals surface area contributed by atoms with Gasteiger partial charge in [0.05, 0.1) is 0 Å². The molecule has 0 aromatic rings. The SMILES string of the molecule is O[Si](O)(O)O.[Ca+2].[H-].[H-].[Zn]. The first-order valence-electron chi connectivity index (χ1n) is 0.894. The Morgan fingerprint density at radius 1 is 1.00 bits per heavy atom. The molecule has 0 aliphatic carbocycles. The molecular weight excluding hydrogens is 198 g/mol. The third-order valence-corrected chi connectivity index (χ3v) is 0. The second kappa shape index (κ2) is 6.07. The van der Waals surface area contributed by atoms with Crippen LogP contribution in [0.5, 0.6) is 0 Å². The Kier molecular flexibility index (Phi) is 13.8. The Balaban J connectivity index is -0.0000000133. The van der Waals surface area contributed by atoms with E-state index in [2.05, 4.69) is 0 Å². The van der Waals surface area contributed by atoms with Crippen LogP contribution in [0.1, 0.15) is 2.85 Å². The second-order valence-corrected chi connectivity index (χ2v) is 1.80. The first kappa shape index (κ1) is 16.0. The van der Waals surface area contributed by atoms with E-state index in [0.717, 1.165) is 0 Å². The molecule has 0 fully saturated rings. The van der Waals surface area contributed by atoms with Crippen molar-refractivity contribution in [3.63, 3.8) is 0 Å². The van der Waals surface area contributed by atoms with Crippen LogP contribution in [-0.4, -0.2) is 66.0 Å². The third kappa shape index (κ3) is 74.4. The third-order valence-electron chi connectivity index (χ3n) is 0. The second-order valence-electron chi connectivity index (χ2n) is 0.600. The fourth-order valence-electron chi connectivity index (χ4n) is 0. The van der Waals surface area contributed by atoms with Gasteiger partial charge in [0.25, 0.3) is 0 Å². The van der Waals surface area contributed by atoms with Crippen LogP contribution in [0, 0.1) is 0 Å². The van der Waals surface area contributed by atoms with E-state index in [-0.39, 0.29) is 60.1 Å². The summed E-state index contributed by atoms with van der Waals surface area (Å²) in [4.78, 5) is 29.3. The monoisotopic (exact) mass is 202 g/mol. The van der Waals surface area contributed by atoms with E-state index in [4.69, 9.17) is 19.2 Å². The fourth-order valence-corrected chi connectivity index (χ4v) is 0. The maximum Gasteiger partial charge on any atom is 2.00 e. The topological polar surface area (TPSA) is 80.9 Å². The van der Waals surface area contributed by atoms with Crippen molar-refractivity contribution >= 4 is 46.8 Å². The summed E-state index contributed by atoms with van der Waals surface area (Å²) in [6.45, 7) is 0. The minimum absolute atomic E-state index is 0. The molecule has 0 saturated carbocycles. The van der Waals surface area contributed by atoms with Crippen LogP contribution in [0.25, 0.3) is 0 Å². The number of hydrogen-bond donors (Lipinski definition) is 4. The smallest absolute Gasteiger partial charge is 1.00 e. The zero-order chi connectivity index (χ0) is 4.50. The Hall–Kier alpha value is 1.94. The molecule has 7 heteroatoms. The molecule has 0 unspecified atom stereocenters. The zero-order valence-electron chi connectivity index (χ0n) is 5.70. The molecule has 7 heavy (non-hydrogen) atoms. The van der Waals surface area contributed by atoms with Gasteiger partial charge in [-0.05, 0) is 0 Å². The van der Waals surface area contributed by atoms with Gasteiger partial charge in [-0.2, -0.15) is 0 Å². The van der Waals surface area contributed by atoms with Gasteiger partial charge in [-0.25, -0.2) is 0 Å². The molecular formula is H6CaO4SiZn. The zero-order valence-corrected chi connectivity index (χ0v) is 9.88. The van der Waals surface area contributed by atoms with Crippen molar-refractivity contribution in [1.29, 1.82) is 0 Å². The van der Waals surface area contributed by atoms with E-state index in [1.54, 1.807) is 0 Å².